The third-order valence-corrected chi connectivity index (χ3v) is 8.19. The van der Waals surface area contributed by atoms with Crippen LogP contribution in [0, 0.1) is 29.0 Å². The second-order valence-corrected chi connectivity index (χ2v) is 9.78. The molecular weight excluding hydrogens is 393 g/mol. The standard InChI is InChI=1S/C26H28FNO3/c1-26-11-10-21-20-9-7-19(29)12-16(20)4-8-22(21)24(26)17(13-23(26)30)14-28-25(31)15-2-5-18(27)6-3-15/h2-3,5-7,9,12,17,21-22,24,29H,4,8,10-11,13-14H2,1H3,(H,28,31)/t17?,21-,22-,24+,26-/m1/s1. The molecular formula is C26H28FNO3. The third-order valence-electron chi connectivity index (χ3n) is 8.19. The van der Waals surface area contributed by atoms with E-state index in [0.717, 1.165) is 25.7 Å². The van der Waals surface area contributed by atoms with Gasteiger partial charge in [0.05, 0.1) is 0 Å². The number of rotatable bonds is 3. The van der Waals surface area contributed by atoms with E-state index >= 15 is 0 Å². The number of hydrogen-bond acceptors (Lipinski definition) is 3. The summed E-state index contributed by atoms with van der Waals surface area (Å²) in [5, 5.41) is 12.9. The third kappa shape index (κ3) is 3.35. The molecule has 5 rings (SSSR count). The number of phenols is 1. The second-order valence-electron chi connectivity index (χ2n) is 9.78. The fourth-order valence-electron chi connectivity index (χ4n) is 6.74. The number of fused-ring (bicyclic) bond motifs is 5. The lowest BCUT2D eigenvalue weighted by Gasteiger charge is -2.49. The molecule has 0 bridgehead atoms. The molecule has 2 saturated carbocycles. The molecule has 3 aliphatic rings. The number of halogens is 1. The minimum absolute atomic E-state index is 0.119. The molecule has 5 atom stereocenters. The summed E-state index contributed by atoms with van der Waals surface area (Å²) in [6.45, 7) is 2.60. The number of nitrogens with one attached hydrogen (secondary N) is 1. The molecule has 3 aliphatic carbocycles. The minimum Gasteiger partial charge on any atom is -0.508 e. The first kappa shape index (κ1) is 20.2. The van der Waals surface area contributed by atoms with Crippen LogP contribution < -0.4 is 5.32 Å². The molecule has 0 radical (unpaired) electrons. The molecule has 31 heavy (non-hydrogen) atoms. The Bertz CT molecular complexity index is 1030. The lowest BCUT2D eigenvalue weighted by Crippen LogP contribution is -2.46. The van der Waals surface area contributed by atoms with Crippen molar-refractivity contribution in [1.82, 2.24) is 5.32 Å². The number of Topliss-reactive ketones (excluding diaryl/α,β-unsaturated/α-hetero) is 1. The normalized spacial score (nSPS) is 31.5. The van der Waals surface area contributed by atoms with E-state index in [-0.39, 0.29) is 29.0 Å². The number of carbonyl (C=O) groups is 2. The summed E-state index contributed by atoms with van der Waals surface area (Å²) in [7, 11) is 0. The van der Waals surface area contributed by atoms with Gasteiger partial charge in [-0.3, -0.25) is 9.59 Å². The smallest absolute Gasteiger partial charge is 0.251 e. The number of phenolic OH excluding ortho intramolecular Hbond substituents is 1. The zero-order valence-electron chi connectivity index (χ0n) is 17.7. The van der Waals surface area contributed by atoms with E-state index in [9.17, 15) is 19.1 Å². The summed E-state index contributed by atoms with van der Waals surface area (Å²) in [5.74, 6) is 1.23. The first-order chi connectivity index (χ1) is 14.9. The Morgan fingerprint density at radius 2 is 1.97 bits per heavy atom. The predicted octanol–water partition coefficient (Wildman–Crippen LogP) is 4.61. The van der Waals surface area contributed by atoms with Crippen molar-refractivity contribution in [3.8, 4) is 5.75 Å². The minimum atomic E-state index is -0.368. The van der Waals surface area contributed by atoms with E-state index in [1.54, 1.807) is 6.07 Å². The Morgan fingerprint density at radius 3 is 2.74 bits per heavy atom. The molecule has 1 unspecified atom stereocenters. The predicted molar refractivity (Wildman–Crippen MR) is 115 cm³/mol. The topological polar surface area (TPSA) is 66.4 Å². The summed E-state index contributed by atoms with van der Waals surface area (Å²) in [4.78, 5) is 25.6. The zero-order valence-corrected chi connectivity index (χ0v) is 17.7. The van der Waals surface area contributed by atoms with Crippen molar-refractivity contribution in [2.75, 3.05) is 6.54 Å². The second kappa shape index (κ2) is 7.47. The van der Waals surface area contributed by atoms with Crippen molar-refractivity contribution >= 4 is 11.7 Å². The van der Waals surface area contributed by atoms with Crippen LogP contribution in [0.5, 0.6) is 5.75 Å². The molecule has 1 amide bonds. The number of amides is 1. The van der Waals surface area contributed by atoms with Crippen molar-refractivity contribution in [1.29, 1.82) is 0 Å². The number of carbonyl (C=O) groups excluding carboxylic acids is 2. The number of benzene rings is 2. The van der Waals surface area contributed by atoms with Gasteiger partial charge < -0.3 is 10.4 Å². The van der Waals surface area contributed by atoms with Crippen LogP contribution in [0.25, 0.3) is 0 Å². The first-order valence-corrected chi connectivity index (χ1v) is 11.3. The van der Waals surface area contributed by atoms with Gasteiger partial charge in [0.2, 0.25) is 0 Å². The van der Waals surface area contributed by atoms with Gasteiger partial charge in [-0.25, -0.2) is 4.39 Å². The molecule has 0 aliphatic heterocycles. The Kier molecular flexibility index (Phi) is 4.87. The maximum atomic E-state index is 13.2. The van der Waals surface area contributed by atoms with Crippen molar-refractivity contribution in [3.05, 3.63) is 65.0 Å². The highest BCUT2D eigenvalue weighted by atomic mass is 19.1. The fraction of sp³-hybridized carbons (Fsp3) is 0.462. The molecule has 2 aromatic rings. The van der Waals surface area contributed by atoms with Gasteiger partial charge in [0.15, 0.2) is 0 Å². The van der Waals surface area contributed by atoms with Crippen molar-refractivity contribution in [3.63, 3.8) is 0 Å². The van der Waals surface area contributed by atoms with Crippen molar-refractivity contribution in [2.45, 2.75) is 44.9 Å². The number of aromatic hydroxyl groups is 1. The summed E-state index contributed by atoms with van der Waals surface area (Å²) in [6, 6.07) is 11.3. The Morgan fingerprint density at radius 1 is 1.19 bits per heavy atom. The number of aryl methyl sites for hydroxylation is 1. The molecule has 2 N–H and O–H groups in total. The molecule has 5 heteroatoms. The quantitative estimate of drug-likeness (QED) is 0.760. The van der Waals surface area contributed by atoms with E-state index in [4.69, 9.17) is 0 Å². The average molecular weight is 422 g/mol. The lowest BCUT2D eigenvalue weighted by molar-refractivity contribution is -0.129. The Labute approximate surface area is 181 Å². The largest absolute Gasteiger partial charge is 0.508 e. The summed E-state index contributed by atoms with van der Waals surface area (Å²) < 4.78 is 13.2. The molecule has 0 heterocycles. The molecule has 0 spiro atoms. The summed E-state index contributed by atoms with van der Waals surface area (Å²) in [6.07, 6.45) is 4.31. The van der Waals surface area contributed by atoms with Gasteiger partial charge in [-0.1, -0.05) is 13.0 Å². The Balaban J connectivity index is 1.37. The van der Waals surface area contributed by atoms with Gasteiger partial charge in [-0.05, 0) is 96.9 Å². The number of ketones is 1. The zero-order chi connectivity index (χ0) is 21.8. The highest BCUT2D eigenvalue weighted by molar-refractivity contribution is 5.94. The highest BCUT2D eigenvalue weighted by Gasteiger charge is 2.58. The maximum absolute atomic E-state index is 13.2. The van der Waals surface area contributed by atoms with Crippen LogP contribution in [0.3, 0.4) is 0 Å². The van der Waals surface area contributed by atoms with Crippen LogP contribution in [0.15, 0.2) is 42.5 Å². The molecule has 0 aromatic heterocycles. The number of hydrogen-bond donors (Lipinski definition) is 2. The monoisotopic (exact) mass is 421 g/mol. The van der Waals surface area contributed by atoms with Gasteiger partial charge in [-0.2, -0.15) is 0 Å². The van der Waals surface area contributed by atoms with Gasteiger partial charge >= 0.3 is 0 Å². The van der Waals surface area contributed by atoms with Gasteiger partial charge in [0.25, 0.3) is 5.91 Å². The molecule has 0 saturated heterocycles. The van der Waals surface area contributed by atoms with Gasteiger partial charge in [0.1, 0.15) is 17.3 Å². The summed E-state index contributed by atoms with van der Waals surface area (Å²) in [5.41, 5.74) is 2.67. The van der Waals surface area contributed by atoms with Crippen LogP contribution in [0.2, 0.25) is 0 Å². The summed E-state index contributed by atoms with van der Waals surface area (Å²) >= 11 is 0. The van der Waals surface area contributed by atoms with Crippen molar-refractivity contribution < 1.29 is 19.1 Å². The van der Waals surface area contributed by atoms with Crippen LogP contribution in [0.1, 0.15) is 60.0 Å². The molecule has 162 valence electrons. The van der Waals surface area contributed by atoms with E-state index in [1.807, 2.05) is 6.07 Å². The van der Waals surface area contributed by atoms with Crippen LogP contribution in [0.4, 0.5) is 4.39 Å². The van der Waals surface area contributed by atoms with E-state index in [1.165, 1.54) is 35.4 Å². The first-order valence-electron chi connectivity index (χ1n) is 11.3. The molecule has 2 aromatic carbocycles. The van der Waals surface area contributed by atoms with E-state index in [2.05, 4.69) is 18.3 Å². The van der Waals surface area contributed by atoms with Gasteiger partial charge in [0, 0.05) is 23.9 Å². The van der Waals surface area contributed by atoms with Crippen LogP contribution >= 0.6 is 0 Å². The van der Waals surface area contributed by atoms with E-state index in [0.29, 0.717) is 41.9 Å². The van der Waals surface area contributed by atoms with E-state index < -0.39 is 0 Å². The lowest BCUT2D eigenvalue weighted by atomic mass is 9.54. The molecule has 4 nitrogen and oxygen atoms in total. The molecule has 2 fully saturated rings. The fourth-order valence-corrected chi connectivity index (χ4v) is 6.74. The van der Waals surface area contributed by atoms with Gasteiger partial charge in [-0.15, -0.1) is 0 Å². The van der Waals surface area contributed by atoms with Crippen LogP contribution in [-0.2, 0) is 11.2 Å². The Hall–Kier alpha value is -2.69. The highest BCUT2D eigenvalue weighted by Crippen LogP contribution is 2.61. The average Bonchev–Trinajstić information content (AvgIpc) is 3.02. The van der Waals surface area contributed by atoms with Crippen LogP contribution in [-0.4, -0.2) is 23.3 Å². The maximum Gasteiger partial charge on any atom is 0.251 e. The van der Waals surface area contributed by atoms with Crippen molar-refractivity contribution in [2.24, 2.45) is 23.2 Å². The SMILES string of the molecule is C[C@]12CC[C@@H]3c4ccc(O)cc4CC[C@H]3[C@@H]1C(CNC(=O)c1ccc(F)cc1)CC2=O.